The monoisotopic (exact) mass is 285 g/mol. The third kappa shape index (κ3) is 3.12. The Bertz CT molecular complexity index is 446. The van der Waals surface area contributed by atoms with Crippen LogP contribution < -0.4 is 5.32 Å². The van der Waals surface area contributed by atoms with Gasteiger partial charge in [-0.2, -0.15) is 5.10 Å². The van der Waals surface area contributed by atoms with E-state index in [-0.39, 0.29) is 12.1 Å². The summed E-state index contributed by atoms with van der Waals surface area (Å²) in [4.78, 5) is 0. The SMILES string of the molecule is Cc1nn(C)c(Cl)c1CNC1(CO)CCCC(C)C1. The van der Waals surface area contributed by atoms with Crippen LogP contribution in [0.1, 0.15) is 43.9 Å². The third-order valence-electron chi connectivity index (χ3n) is 4.30. The van der Waals surface area contributed by atoms with Gasteiger partial charge in [0, 0.05) is 24.7 Å². The van der Waals surface area contributed by atoms with Gasteiger partial charge >= 0.3 is 0 Å². The highest BCUT2D eigenvalue weighted by Crippen LogP contribution is 2.32. The molecule has 1 fully saturated rings. The predicted octanol–water partition coefficient (Wildman–Crippen LogP) is 2.41. The number of aromatic nitrogens is 2. The van der Waals surface area contributed by atoms with Crippen LogP contribution in [-0.4, -0.2) is 27.0 Å². The zero-order chi connectivity index (χ0) is 14.0. The van der Waals surface area contributed by atoms with E-state index in [2.05, 4.69) is 17.3 Å². The van der Waals surface area contributed by atoms with E-state index in [1.165, 1.54) is 12.8 Å². The molecule has 1 aromatic rings. The first-order valence-electron chi connectivity index (χ1n) is 7.01. The molecule has 108 valence electrons. The number of halogens is 1. The molecule has 1 saturated carbocycles. The second kappa shape index (κ2) is 5.81. The van der Waals surface area contributed by atoms with Crippen LogP contribution in [0.15, 0.2) is 0 Å². The Kier molecular flexibility index (Phi) is 4.54. The summed E-state index contributed by atoms with van der Waals surface area (Å²) in [5.41, 5.74) is 1.84. The minimum Gasteiger partial charge on any atom is -0.394 e. The van der Waals surface area contributed by atoms with Crippen LogP contribution >= 0.6 is 11.6 Å². The molecule has 2 N–H and O–H groups in total. The highest BCUT2D eigenvalue weighted by atomic mass is 35.5. The molecule has 1 aliphatic rings. The second-order valence-corrected chi connectivity index (χ2v) is 6.33. The van der Waals surface area contributed by atoms with Gasteiger partial charge < -0.3 is 10.4 Å². The summed E-state index contributed by atoms with van der Waals surface area (Å²) in [7, 11) is 1.85. The fourth-order valence-electron chi connectivity index (χ4n) is 3.17. The maximum Gasteiger partial charge on any atom is 0.131 e. The van der Waals surface area contributed by atoms with Crippen LogP contribution in [0, 0.1) is 12.8 Å². The van der Waals surface area contributed by atoms with E-state index >= 15 is 0 Å². The molecule has 0 saturated heterocycles. The number of aryl methyl sites for hydroxylation is 2. The molecule has 0 bridgehead atoms. The summed E-state index contributed by atoms with van der Waals surface area (Å²) in [5.74, 6) is 0.666. The summed E-state index contributed by atoms with van der Waals surface area (Å²) in [6.07, 6.45) is 4.50. The summed E-state index contributed by atoms with van der Waals surface area (Å²) >= 11 is 6.25. The number of aliphatic hydroxyl groups excluding tert-OH is 1. The summed E-state index contributed by atoms with van der Waals surface area (Å²) in [6, 6.07) is 0. The molecule has 4 nitrogen and oxygen atoms in total. The van der Waals surface area contributed by atoms with Gasteiger partial charge in [0.25, 0.3) is 0 Å². The molecular formula is C14H24ClN3O. The predicted molar refractivity (Wildman–Crippen MR) is 77.2 cm³/mol. The van der Waals surface area contributed by atoms with Gasteiger partial charge in [0.15, 0.2) is 0 Å². The number of rotatable bonds is 4. The molecule has 2 unspecified atom stereocenters. The Hall–Kier alpha value is -0.580. The normalized spacial score (nSPS) is 27.7. The van der Waals surface area contributed by atoms with E-state index in [1.807, 2.05) is 14.0 Å². The average Bonchev–Trinajstić information content (AvgIpc) is 2.61. The fourth-order valence-corrected chi connectivity index (χ4v) is 3.41. The molecule has 2 rings (SSSR count). The zero-order valence-corrected chi connectivity index (χ0v) is 12.8. The van der Waals surface area contributed by atoms with Crippen molar-refractivity contribution in [3.8, 4) is 0 Å². The smallest absolute Gasteiger partial charge is 0.131 e. The van der Waals surface area contributed by atoms with Gasteiger partial charge in [-0.3, -0.25) is 4.68 Å². The van der Waals surface area contributed by atoms with Gasteiger partial charge in [-0.05, 0) is 25.7 Å². The first-order chi connectivity index (χ1) is 8.97. The van der Waals surface area contributed by atoms with Crippen molar-refractivity contribution in [1.29, 1.82) is 0 Å². The molecule has 5 heteroatoms. The molecule has 1 heterocycles. The first kappa shape index (κ1) is 14.8. The van der Waals surface area contributed by atoms with Crippen LogP contribution in [0.25, 0.3) is 0 Å². The lowest BCUT2D eigenvalue weighted by Gasteiger charge is -2.39. The van der Waals surface area contributed by atoms with Crippen molar-refractivity contribution >= 4 is 11.6 Å². The van der Waals surface area contributed by atoms with Gasteiger partial charge in [-0.1, -0.05) is 31.4 Å². The van der Waals surface area contributed by atoms with Crippen LogP contribution in [0.4, 0.5) is 0 Å². The van der Waals surface area contributed by atoms with Gasteiger partial charge in [-0.15, -0.1) is 0 Å². The van der Waals surface area contributed by atoms with Crippen LogP contribution in [0.3, 0.4) is 0 Å². The minimum atomic E-state index is -0.150. The van der Waals surface area contributed by atoms with E-state index < -0.39 is 0 Å². The molecule has 19 heavy (non-hydrogen) atoms. The number of hydrogen-bond acceptors (Lipinski definition) is 3. The van der Waals surface area contributed by atoms with Gasteiger partial charge in [0.2, 0.25) is 0 Å². The van der Waals surface area contributed by atoms with Gasteiger partial charge in [0.05, 0.1) is 12.3 Å². The zero-order valence-electron chi connectivity index (χ0n) is 12.0. The van der Waals surface area contributed by atoms with Crippen molar-refractivity contribution in [3.05, 3.63) is 16.4 Å². The van der Waals surface area contributed by atoms with E-state index in [4.69, 9.17) is 11.6 Å². The molecule has 0 aliphatic heterocycles. The fraction of sp³-hybridized carbons (Fsp3) is 0.786. The van der Waals surface area contributed by atoms with Gasteiger partial charge in [0.1, 0.15) is 5.15 Å². The number of aliphatic hydroxyl groups is 1. The standard InChI is InChI=1S/C14H24ClN3O/c1-10-5-4-6-14(7-10,9-19)16-8-12-11(2)17-18(3)13(12)15/h10,16,19H,4-9H2,1-3H3. The van der Waals surface area contributed by atoms with E-state index in [0.29, 0.717) is 17.6 Å². The maximum absolute atomic E-state index is 9.76. The van der Waals surface area contributed by atoms with Crippen molar-refractivity contribution in [2.24, 2.45) is 13.0 Å². The van der Waals surface area contributed by atoms with Crippen molar-refractivity contribution < 1.29 is 5.11 Å². The average molecular weight is 286 g/mol. The Labute approximate surface area is 120 Å². The van der Waals surface area contributed by atoms with Crippen molar-refractivity contribution in [1.82, 2.24) is 15.1 Å². The summed E-state index contributed by atoms with van der Waals surface area (Å²) in [6.45, 7) is 5.09. The molecule has 0 spiro atoms. The molecular weight excluding hydrogens is 262 g/mol. The number of nitrogens with one attached hydrogen (secondary N) is 1. The quantitative estimate of drug-likeness (QED) is 0.893. The van der Waals surface area contributed by atoms with Crippen LogP contribution in [0.2, 0.25) is 5.15 Å². The second-order valence-electron chi connectivity index (χ2n) is 5.97. The van der Waals surface area contributed by atoms with Gasteiger partial charge in [-0.25, -0.2) is 0 Å². The largest absolute Gasteiger partial charge is 0.394 e. The molecule has 0 aromatic carbocycles. The topological polar surface area (TPSA) is 50.1 Å². The lowest BCUT2D eigenvalue weighted by Crippen LogP contribution is -2.51. The highest BCUT2D eigenvalue weighted by Gasteiger charge is 2.34. The maximum atomic E-state index is 9.76. The first-order valence-corrected chi connectivity index (χ1v) is 7.39. The van der Waals surface area contributed by atoms with Crippen molar-refractivity contribution in [2.45, 2.75) is 51.6 Å². The van der Waals surface area contributed by atoms with Crippen molar-refractivity contribution in [2.75, 3.05) is 6.61 Å². The van der Waals surface area contributed by atoms with E-state index in [9.17, 15) is 5.11 Å². The lowest BCUT2D eigenvalue weighted by molar-refractivity contribution is 0.0982. The van der Waals surface area contributed by atoms with E-state index in [0.717, 1.165) is 24.1 Å². The Morgan fingerprint density at radius 2 is 2.32 bits per heavy atom. The van der Waals surface area contributed by atoms with E-state index in [1.54, 1.807) is 4.68 Å². The van der Waals surface area contributed by atoms with Crippen molar-refractivity contribution in [3.63, 3.8) is 0 Å². The third-order valence-corrected chi connectivity index (χ3v) is 4.78. The van der Waals surface area contributed by atoms with Crippen LogP contribution in [0.5, 0.6) is 0 Å². The van der Waals surface area contributed by atoms with Crippen LogP contribution in [-0.2, 0) is 13.6 Å². The molecule has 0 radical (unpaired) electrons. The molecule has 1 aliphatic carbocycles. The molecule has 2 atom stereocenters. The summed E-state index contributed by atoms with van der Waals surface area (Å²) < 4.78 is 1.70. The number of hydrogen-bond donors (Lipinski definition) is 2. The molecule has 0 amide bonds. The Morgan fingerprint density at radius 1 is 1.58 bits per heavy atom. The highest BCUT2D eigenvalue weighted by molar-refractivity contribution is 6.30. The Morgan fingerprint density at radius 3 is 2.84 bits per heavy atom. The minimum absolute atomic E-state index is 0.150. The molecule has 1 aromatic heterocycles. The Balaban J connectivity index is 2.07. The lowest BCUT2D eigenvalue weighted by atomic mass is 9.77. The number of nitrogens with zero attached hydrogens (tertiary/aromatic N) is 2. The summed E-state index contributed by atoms with van der Waals surface area (Å²) in [5, 5.41) is 18.3.